The topological polar surface area (TPSA) is 72.3 Å². The number of primary amides is 1. The maximum atomic E-state index is 11.1. The van der Waals surface area contributed by atoms with Gasteiger partial charge < -0.3 is 11.5 Å². The number of nitrogens with zero attached hydrogens (tertiary/aromatic N) is 1. The number of thiophene rings is 1. The summed E-state index contributed by atoms with van der Waals surface area (Å²) in [5.74, 6) is -0.309. The Morgan fingerprint density at radius 2 is 2.24 bits per heavy atom. The Labute approximate surface area is 107 Å². The lowest BCUT2D eigenvalue weighted by atomic mass is 10.0. The molecule has 4 nitrogen and oxygen atoms in total. The van der Waals surface area contributed by atoms with Crippen LogP contribution in [0.3, 0.4) is 0 Å². The van der Waals surface area contributed by atoms with Crippen molar-refractivity contribution in [2.75, 3.05) is 13.1 Å². The summed E-state index contributed by atoms with van der Waals surface area (Å²) >= 11 is 1.67. The van der Waals surface area contributed by atoms with Gasteiger partial charge >= 0.3 is 0 Å². The second kappa shape index (κ2) is 6.74. The van der Waals surface area contributed by atoms with Crippen LogP contribution in [-0.4, -0.2) is 29.9 Å². The van der Waals surface area contributed by atoms with Crippen LogP contribution in [0.2, 0.25) is 0 Å². The van der Waals surface area contributed by atoms with Crippen LogP contribution in [0.25, 0.3) is 0 Å². The summed E-state index contributed by atoms with van der Waals surface area (Å²) in [6, 6.07) is 4.17. The van der Waals surface area contributed by atoms with Crippen molar-refractivity contribution in [3.8, 4) is 0 Å². The number of rotatable bonds is 7. The first-order valence-corrected chi connectivity index (χ1v) is 6.79. The molecule has 0 bridgehead atoms. The summed E-state index contributed by atoms with van der Waals surface area (Å²) in [7, 11) is 0. The van der Waals surface area contributed by atoms with Gasteiger partial charge in [0, 0.05) is 10.9 Å². The van der Waals surface area contributed by atoms with E-state index in [1.807, 2.05) is 23.3 Å². The minimum absolute atomic E-state index is 0.0212. The van der Waals surface area contributed by atoms with E-state index < -0.39 is 0 Å². The van der Waals surface area contributed by atoms with Crippen LogP contribution in [0.15, 0.2) is 17.5 Å². The molecule has 1 aromatic rings. The van der Waals surface area contributed by atoms with Gasteiger partial charge in [0.2, 0.25) is 5.91 Å². The highest BCUT2D eigenvalue weighted by molar-refractivity contribution is 7.10. The first-order valence-electron chi connectivity index (χ1n) is 5.91. The van der Waals surface area contributed by atoms with Gasteiger partial charge in [0.25, 0.3) is 0 Å². The molecular weight excluding hydrogens is 234 g/mol. The summed E-state index contributed by atoms with van der Waals surface area (Å²) in [5.41, 5.74) is 11.5. The highest BCUT2D eigenvalue weighted by Crippen LogP contribution is 2.28. The quantitative estimate of drug-likeness (QED) is 0.772. The van der Waals surface area contributed by atoms with Crippen molar-refractivity contribution in [3.63, 3.8) is 0 Å². The Morgan fingerprint density at radius 1 is 1.53 bits per heavy atom. The van der Waals surface area contributed by atoms with E-state index in [-0.39, 0.29) is 24.5 Å². The number of carbonyl (C=O) groups is 1. The molecular formula is C12H21N3OS. The van der Waals surface area contributed by atoms with Gasteiger partial charge in [-0.25, -0.2) is 0 Å². The molecule has 2 unspecified atom stereocenters. The Bertz CT molecular complexity index is 340. The average molecular weight is 255 g/mol. The van der Waals surface area contributed by atoms with E-state index in [0.717, 1.165) is 13.0 Å². The number of carbonyl (C=O) groups excluding carboxylic acids is 1. The lowest BCUT2D eigenvalue weighted by molar-refractivity contribution is -0.119. The fourth-order valence-corrected chi connectivity index (χ4v) is 2.89. The van der Waals surface area contributed by atoms with Gasteiger partial charge in [0.15, 0.2) is 0 Å². The van der Waals surface area contributed by atoms with Gasteiger partial charge in [-0.3, -0.25) is 9.69 Å². The van der Waals surface area contributed by atoms with Crippen LogP contribution in [0.5, 0.6) is 0 Å². The summed E-state index contributed by atoms with van der Waals surface area (Å²) in [6.07, 6.45) is 0.873. The molecule has 17 heavy (non-hydrogen) atoms. The average Bonchev–Trinajstić information content (AvgIpc) is 2.80. The van der Waals surface area contributed by atoms with Crippen molar-refractivity contribution >= 4 is 17.2 Å². The van der Waals surface area contributed by atoms with E-state index in [4.69, 9.17) is 11.5 Å². The predicted octanol–water partition coefficient (Wildman–Crippen LogP) is 1.33. The van der Waals surface area contributed by atoms with Gasteiger partial charge in [0.05, 0.1) is 12.6 Å². The number of hydrogen-bond donors (Lipinski definition) is 2. The van der Waals surface area contributed by atoms with E-state index in [2.05, 4.69) is 13.0 Å². The summed E-state index contributed by atoms with van der Waals surface area (Å²) in [4.78, 5) is 14.3. The molecule has 1 rings (SSSR count). The van der Waals surface area contributed by atoms with Gasteiger partial charge in [-0.05, 0) is 24.4 Å². The highest BCUT2D eigenvalue weighted by atomic mass is 32.1. The van der Waals surface area contributed by atoms with Crippen molar-refractivity contribution in [2.45, 2.75) is 32.4 Å². The van der Waals surface area contributed by atoms with Crippen LogP contribution in [0.4, 0.5) is 0 Å². The van der Waals surface area contributed by atoms with E-state index in [1.165, 1.54) is 4.88 Å². The van der Waals surface area contributed by atoms with Gasteiger partial charge in [0.1, 0.15) is 0 Å². The third-order valence-electron chi connectivity index (χ3n) is 2.87. The fraction of sp³-hybridized carbons (Fsp3) is 0.583. The van der Waals surface area contributed by atoms with Gasteiger partial charge in [-0.15, -0.1) is 11.3 Å². The number of amides is 1. The summed E-state index contributed by atoms with van der Waals surface area (Å²) in [6.45, 7) is 5.10. The first kappa shape index (κ1) is 14.2. The van der Waals surface area contributed by atoms with E-state index >= 15 is 0 Å². The minimum atomic E-state index is -0.309. The number of hydrogen-bond acceptors (Lipinski definition) is 4. The zero-order chi connectivity index (χ0) is 12.8. The molecule has 2 atom stereocenters. The predicted molar refractivity (Wildman–Crippen MR) is 71.8 cm³/mol. The standard InChI is InChI=1S/C12H21N3OS/c1-3-9(13)12(10-6-5-7-17-10)15(4-2)8-11(14)16/h5-7,9,12H,3-4,8,13H2,1-2H3,(H2,14,16). The van der Waals surface area contributed by atoms with Gasteiger partial charge in [-0.2, -0.15) is 0 Å². The van der Waals surface area contributed by atoms with Gasteiger partial charge in [-0.1, -0.05) is 19.9 Å². The highest BCUT2D eigenvalue weighted by Gasteiger charge is 2.26. The van der Waals surface area contributed by atoms with Crippen molar-refractivity contribution < 1.29 is 4.79 Å². The number of likely N-dealkylation sites (N-methyl/N-ethyl adjacent to an activating group) is 1. The zero-order valence-electron chi connectivity index (χ0n) is 10.4. The second-order valence-corrected chi connectivity index (χ2v) is 5.04. The van der Waals surface area contributed by atoms with E-state index in [0.29, 0.717) is 0 Å². The molecule has 0 aliphatic heterocycles. The molecule has 0 spiro atoms. The maximum Gasteiger partial charge on any atom is 0.231 e. The zero-order valence-corrected chi connectivity index (χ0v) is 11.2. The number of nitrogens with two attached hydrogens (primary N) is 2. The van der Waals surface area contributed by atoms with Crippen molar-refractivity contribution in [3.05, 3.63) is 22.4 Å². The molecule has 0 aliphatic rings. The third-order valence-corrected chi connectivity index (χ3v) is 3.81. The molecule has 0 fully saturated rings. The van der Waals surface area contributed by atoms with Crippen LogP contribution >= 0.6 is 11.3 Å². The first-order chi connectivity index (χ1) is 8.10. The molecule has 1 heterocycles. The smallest absolute Gasteiger partial charge is 0.231 e. The van der Waals surface area contributed by atoms with E-state index in [1.54, 1.807) is 11.3 Å². The summed E-state index contributed by atoms with van der Waals surface area (Å²) < 4.78 is 0. The fourth-order valence-electron chi connectivity index (χ4n) is 1.95. The van der Waals surface area contributed by atoms with E-state index in [9.17, 15) is 4.79 Å². The molecule has 0 radical (unpaired) electrons. The van der Waals surface area contributed by atoms with Crippen molar-refractivity contribution in [1.82, 2.24) is 4.90 Å². The van der Waals surface area contributed by atoms with Crippen molar-refractivity contribution in [1.29, 1.82) is 0 Å². The lowest BCUT2D eigenvalue weighted by Gasteiger charge is -2.33. The molecule has 0 saturated carbocycles. The molecule has 1 aromatic heterocycles. The molecule has 0 aliphatic carbocycles. The molecule has 4 N–H and O–H groups in total. The maximum absolute atomic E-state index is 11.1. The van der Waals surface area contributed by atoms with Crippen LogP contribution in [-0.2, 0) is 4.79 Å². The molecule has 96 valence electrons. The second-order valence-electron chi connectivity index (χ2n) is 4.06. The van der Waals surface area contributed by atoms with Crippen LogP contribution in [0.1, 0.15) is 31.2 Å². The van der Waals surface area contributed by atoms with Crippen molar-refractivity contribution in [2.24, 2.45) is 11.5 Å². The summed E-state index contributed by atoms with van der Waals surface area (Å²) in [5, 5.41) is 2.03. The van der Waals surface area contributed by atoms with Crippen LogP contribution in [0, 0.1) is 0 Å². The minimum Gasteiger partial charge on any atom is -0.369 e. The lowest BCUT2D eigenvalue weighted by Crippen LogP contribution is -2.44. The monoisotopic (exact) mass is 255 g/mol. The van der Waals surface area contributed by atoms with Crippen LogP contribution < -0.4 is 11.5 Å². The Balaban J connectivity index is 2.92. The molecule has 0 saturated heterocycles. The molecule has 1 amide bonds. The third kappa shape index (κ3) is 3.80. The SMILES string of the molecule is CCC(N)C(c1cccs1)N(CC)CC(N)=O. The Hall–Kier alpha value is -0.910. The molecule has 0 aromatic carbocycles. The Kier molecular flexibility index (Phi) is 5.61. The molecule has 5 heteroatoms. The normalized spacial score (nSPS) is 14.8. The largest absolute Gasteiger partial charge is 0.369 e. The Morgan fingerprint density at radius 3 is 2.65 bits per heavy atom.